The van der Waals surface area contributed by atoms with Crippen LogP contribution in [0.15, 0.2) is 57.7 Å². The van der Waals surface area contributed by atoms with Crippen LogP contribution in [0.3, 0.4) is 0 Å². The molecule has 124 valence electrons. The lowest BCUT2D eigenvalue weighted by Gasteiger charge is -2.20. The summed E-state index contributed by atoms with van der Waals surface area (Å²) in [6.45, 7) is 2.57. The number of rotatable bonds is 3. The van der Waals surface area contributed by atoms with Gasteiger partial charge >= 0.3 is 0 Å². The van der Waals surface area contributed by atoms with Gasteiger partial charge in [-0.25, -0.2) is 5.53 Å². The van der Waals surface area contributed by atoms with E-state index in [2.05, 4.69) is 32.4 Å². The van der Waals surface area contributed by atoms with E-state index in [4.69, 9.17) is 21.9 Å². The molecule has 24 heavy (non-hydrogen) atoms. The Morgan fingerprint density at radius 1 is 1.33 bits per heavy atom. The molecular weight excluding hydrogens is 390 g/mol. The van der Waals surface area contributed by atoms with Crippen molar-refractivity contribution in [3.8, 4) is 5.75 Å². The molecular formula is C18H17BrClN3O. The highest BCUT2D eigenvalue weighted by molar-refractivity contribution is 9.10. The van der Waals surface area contributed by atoms with Crippen LogP contribution in [0.4, 0.5) is 0 Å². The van der Waals surface area contributed by atoms with Crippen molar-refractivity contribution in [2.45, 2.75) is 19.4 Å². The van der Waals surface area contributed by atoms with Gasteiger partial charge < -0.3 is 10.1 Å². The second-order valence-electron chi connectivity index (χ2n) is 5.58. The Labute approximate surface area is 154 Å². The summed E-state index contributed by atoms with van der Waals surface area (Å²) in [4.78, 5) is 0. The smallest absolute Gasteiger partial charge is 0.126 e. The van der Waals surface area contributed by atoms with Gasteiger partial charge in [-0.15, -0.1) is 0 Å². The van der Waals surface area contributed by atoms with Crippen LogP contribution in [0.1, 0.15) is 30.6 Å². The zero-order valence-electron chi connectivity index (χ0n) is 13.1. The second kappa shape index (κ2) is 7.36. The van der Waals surface area contributed by atoms with Gasteiger partial charge in [0.25, 0.3) is 0 Å². The molecule has 0 saturated carbocycles. The van der Waals surface area contributed by atoms with E-state index in [1.54, 1.807) is 0 Å². The molecule has 2 N–H and O–H groups in total. The van der Waals surface area contributed by atoms with Gasteiger partial charge in [0.1, 0.15) is 11.9 Å². The molecule has 0 aromatic heterocycles. The van der Waals surface area contributed by atoms with E-state index in [-0.39, 0.29) is 6.10 Å². The minimum absolute atomic E-state index is 0.112. The van der Waals surface area contributed by atoms with Crippen LogP contribution in [0.2, 0.25) is 5.02 Å². The lowest BCUT2D eigenvalue weighted by atomic mass is 9.99. The Bertz CT molecular complexity index is 807. The van der Waals surface area contributed by atoms with Crippen LogP contribution in [-0.4, -0.2) is 6.54 Å². The van der Waals surface area contributed by atoms with Gasteiger partial charge in [-0.05, 0) is 37.3 Å². The summed E-state index contributed by atoms with van der Waals surface area (Å²) in [6.07, 6.45) is 0.685. The molecule has 0 aliphatic carbocycles. The van der Waals surface area contributed by atoms with Crippen molar-refractivity contribution in [2.24, 2.45) is 5.11 Å². The first-order chi connectivity index (χ1) is 11.6. The van der Waals surface area contributed by atoms with Crippen molar-refractivity contribution < 1.29 is 4.74 Å². The molecule has 3 rings (SSSR count). The van der Waals surface area contributed by atoms with Gasteiger partial charge in [0.05, 0.1) is 11.4 Å². The Kier molecular flexibility index (Phi) is 5.21. The molecule has 0 spiro atoms. The van der Waals surface area contributed by atoms with Crippen molar-refractivity contribution in [3.63, 3.8) is 0 Å². The quantitative estimate of drug-likeness (QED) is 0.620. The fourth-order valence-electron chi connectivity index (χ4n) is 2.81. The van der Waals surface area contributed by atoms with E-state index < -0.39 is 0 Å². The Morgan fingerprint density at radius 2 is 2.17 bits per heavy atom. The molecule has 1 heterocycles. The summed E-state index contributed by atoms with van der Waals surface area (Å²) in [6, 6.07) is 13.5. The van der Waals surface area contributed by atoms with E-state index in [1.165, 1.54) is 0 Å². The maximum absolute atomic E-state index is 7.33. The van der Waals surface area contributed by atoms with Gasteiger partial charge in [0.15, 0.2) is 0 Å². The lowest BCUT2D eigenvalue weighted by molar-refractivity contribution is 0.197. The van der Waals surface area contributed by atoms with Crippen LogP contribution in [0.25, 0.3) is 5.70 Å². The fraction of sp³-hybridized carbons (Fsp3) is 0.222. The maximum atomic E-state index is 7.33. The predicted molar refractivity (Wildman–Crippen MR) is 99.3 cm³/mol. The van der Waals surface area contributed by atoms with Crippen LogP contribution < -0.4 is 10.1 Å². The lowest BCUT2D eigenvalue weighted by Crippen LogP contribution is -2.14. The third kappa shape index (κ3) is 3.62. The highest BCUT2D eigenvalue weighted by atomic mass is 79.9. The third-order valence-electron chi connectivity index (χ3n) is 3.94. The van der Waals surface area contributed by atoms with Crippen molar-refractivity contribution in [1.29, 1.82) is 5.53 Å². The van der Waals surface area contributed by atoms with Gasteiger partial charge in [-0.2, -0.15) is 5.11 Å². The average molecular weight is 407 g/mol. The molecule has 0 fully saturated rings. The Morgan fingerprint density at radius 3 is 2.92 bits per heavy atom. The Balaban J connectivity index is 2.05. The van der Waals surface area contributed by atoms with Gasteiger partial charge in [-0.1, -0.05) is 39.7 Å². The topological polar surface area (TPSA) is 57.5 Å². The molecule has 6 heteroatoms. The summed E-state index contributed by atoms with van der Waals surface area (Å²) in [5.41, 5.74) is 10.9. The summed E-state index contributed by atoms with van der Waals surface area (Å²) in [7, 11) is 0. The number of nitrogens with zero attached hydrogens (tertiary/aromatic N) is 1. The van der Waals surface area contributed by atoms with Crippen molar-refractivity contribution >= 4 is 33.2 Å². The molecule has 1 unspecified atom stereocenters. The molecule has 4 nitrogen and oxygen atoms in total. The number of ether oxygens (including phenoxy) is 1. The van der Waals surface area contributed by atoms with Crippen LogP contribution in [0, 0.1) is 5.53 Å². The van der Waals surface area contributed by atoms with Gasteiger partial charge in [-0.3, -0.25) is 0 Å². The Hall–Kier alpha value is -1.85. The molecule has 0 amide bonds. The highest BCUT2D eigenvalue weighted by Crippen LogP contribution is 2.35. The van der Waals surface area contributed by atoms with E-state index >= 15 is 0 Å². The highest BCUT2D eigenvalue weighted by Gasteiger charge is 2.24. The molecule has 2 aromatic rings. The summed E-state index contributed by atoms with van der Waals surface area (Å²) < 4.78 is 7.20. The number of nitrogens with one attached hydrogen (secondary N) is 2. The number of benzene rings is 2. The number of allylic oxidation sites excluding steroid dienone is 1. The van der Waals surface area contributed by atoms with Crippen LogP contribution in [-0.2, 0) is 0 Å². The minimum atomic E-state index is -0.112. The van der Waals surface area contributed by atoms with Gasteiger partial charge in [0.2, 0.25) is 0 Å². The number of fused-ring (bicyclic) bond motifs is 1. The van der Waals surface area contributed by atoms with Crippen molar-refractivity contribution in [3.05, 3.63) is 68.8 Å². The van der Waals surface area contributed by atoms with Gasteiger partial charge in [0, 0.05) is 33.6 Å². The monoisotopic (exact) mass is 405 g/mol. The third-order valence-corrected chi connectivity index (χ3v) is 4.67. The van der Waals surface area contributed by atoms with E-state index in [0.29, 0.717) is 10.7 Å². The molecule has 1 atom stereocenters. The molecule has 1 aliphatic heterocycles. The molecule has 0 saturated heterocycles. The predicted octanol–water partition coefficient (Wildman–Crippen LogP) is 5.94. The summed E-state index contributed by atoms with van der Waals surface area (Å²) >= 11 is 9.60. The largest absolute Gasteiger partial charge is 0.486 e. The maximum Gasteiger partial charge on any atom is 0.126 e. The first kappa shape index (κ1) is 17.0. The first-order valence-electron chi connectivity index (χ1n) is 7.62. The molecule has 1 aliphatic rings. The zero-order valence-corrected chi connectivity index (χ0v) is 15.5. The molecule has 0 bridgehead atoms. The number of hydrogen-bond donors (Lipinski definition) is 2. The minimum Gasteiger partial charge on any atom is -0.486 e. The number of halogens is 2. The van der Waals surface area contributed by atoms with Crippen molar-refractivity contribution in [2.75, 3.05) is 6.54 Å². The fourth-order valence-corrected chi connectivity index (χ4v) is 3.37. The SMILES string of the molecule is C/C(N=N)=C1/NCCC(Oc2cccc(Cl)c2)c2cc(Br)ccc21. The van der Waals surface area contributed by atoms with E-state index in [9.17, 15) is 0 Å². The van der Waals surface area contributed by atoms with Crippen LogP contribution in [0.5, 0.6) is 5.75 Å². The standard InChI is InChI=1S/C18H17BrClN3O/c1-11(23-21)18-15-6-5-12(19)9-16(15)17(7-8-22-18)24-14-4-2-3-13(20)10-14/h2-6,9-10,17,21-22H,7-8H2,1H3/b18-11-,23-21?. The number of hydrogen-bond acceptors (Lipinski definition) is 4. The molecule has 0 radical (unpaired) electrons. The summed E-state index contributed by atoms with van der Waals surface area (Å²) in [5, 5.41) is 7.62. The van der Waals surface area contributed by atoms with Crippen LogP contribution >= 0.6 is 27.5 Å². The normalized spacial score (nSPS) is 18.9. The second-order valence-corrected chi connectivity index (χ2v) is 6.94. The average Bonchev–Trinajstić information content (AvgIpc) is 2.74. The molecule has 2 aromatic carbocycles. The van der Waals surface area contributed by atoms with Crippen molar-refractivity contribution in [1.82, 2.24) is 5.32 Å². The van der Waals surface area contributed by atoms with E-state index in [0.717, 1.165) is 40.0 Å². The zero-order chi connectivity index (χ0) is 17.1. The van der Waals surface area contributed by atoms with E-state index in [1.807, 2.05) is 43.3 Å². The summed E-state index contributed by atoms with van der Waals surface area (Å²) in [5.74, 6) is 0.743. The first-order valence-corrected chi connectivity index (χ1v) is 8.80.